The Balaban J connectivity index is 1.80. The first kappa shape index (κ1) is 19.4. The van der Waals surface area contributed by atoms with E-state index >= 15 is 0 Å². The first-order valence-electron chi connectivity index (χ1n) is 7.44. The fourth-order valence-corrected chi connectivity index (χ4v) is 2.22. The van der Waals surface area contributed by atoms with Gasteiger partial charge in [-0.1, -0.05) is 28.1 Å². The highest BCUT2D eigenvalue weighted by molar-refractivity contribution is 9.10. The molecule has 0 aliphatic heterocycles. The van der Waals surface area contributed by atoms with Crippen molar-refractivity contribution in [3.8, 4) is 5.75 Å². The van der Waals surface area contributed by atoms with E-state index in [0.717, 1.165) is 10.0 Å². The molecule has 0 bridgehead atoms. The van der Waals surface area contributed by atoms with Crippen molar-refractivity contribution in [2.75, 3.05) is 18.5 Å². The van der Waals surface area contributed by atoms with Crippen molar-refractivity contribution in [1.29, 1.82) is 0 Å². The number of nitro benzene ring substituents is 1. The number of ether oxygens (including phenoxy) is 2. The topological polar surface area (TPSA) is 108 Å². The zero-order valence-corrected chi connectivity index (χ0v) is 15.3. The molecular weight excluding hydrogens is 408 g/mol. The Labute approximate surface area is 157 Å². The van der Waals surface area contributed by atoms with Gasteiger partial charge in [-0.3, -0.25) is 14.9 Å². The number of hydrogen-bond acceptors (Lipinski definition) is 6. The van der Waals surface area contributed by atoms with Gasteiger partial charge < -0.3 is 14.8 Å². The summed E-state index contributed by atoms with van der Waals surface area (Å²) in [5.41, 5.74) is 1.25. The van der Waals surface area contributed by atoms with Crippen LogP contribution < -0.4 is 10.1 Å². The Morgan fingerprint density at radius 1 is 1.19 bits per heavy atom. The molecule has 0 aliphatic rings. The summed E-state index contributed by atoms with van der Waals surface area (Å²) in [5, 5.41) is 13.4. The molecule has 0 spiro atoms. The van der Waals surface area contributed by atoms with Crippen LogP contribution in [0.3, 0.4) is 0 Å². The number of nitro groups is 1. The second-order valence-corrected chi connectivity index (χ2v) is 6.04. The third-order valence-electron chi connectivity index (χ3n) is 3.21. The normalized spacial score (nSPS) is 10.1. The quantitative estimate of drug-likeness (QED) is 0.416. The van der Waals surface area contributed by atoms with Gasteiger partial charge in [0, 0.05) is 16.2 Å². The molecule has 8 nitrogen and oxygen atoms in total. The van der Waals surface area contributed by atoms with Crippen molar-refractivity contribution in [3.05, 3.63) is 62.6 Å². The first-order chi connectivity index (χ1) is 12.4. The number of anilines is 1. The number of nitrogens with one attached hydrogen (secondary N) is 1. The van der Waals surface area contributed by atoms with Gasteiger partial charge in [-0.05, 0) is 36.8 Å². The van der Waals surface area contributed by atoms with E-state index in [0.29, 0.717) is 5.69 Å². The molecule has 0 aromatic heterocycles. The Kier molecular flexibility index (Phi) is 6.67. The van der Waals surface area contributed by atoms with Gasteiger partial charge in [0.2, 0.25) is 0 Å². The molecule has 9 heteroatoms. The van der Waals surface area contributed by atoms with Gasteiger partial charge in [0.15, 0.2) is 19.0 Å². The van der Waals surface area contributed by atoms with Crippen LogP contribution in [0.2, 0.25) is 0 Å². The molecule has 26 heavy (non-hydrogen) atoms. The largest absolute Gasteiger partial charge is 0.475 e. The van der Waals surface area contributed by atoms with Crippen LogP contribution in [0.4, 0.5) is 11.4 Å². The fourth-order valence-electron chi connectivity index (χ4n) is 1.97. The molecular formula is C17H15BrN2O6. The van der Waals surface area contributed by atoms with E-state index in [1.165, 1.54) is 18.2 Å². The van der Waals surface area contributed by atoms with Crippen LogP contribution in [0.1, 0.15) is 5.56 Å². The number of nitrogens with zero attached hydrogens (tertiary/aromatic N) is 1. The second kappa shape index (κ2) is 8.95. The maximum atomic E-state index is 11.8. The Morgan fingerprint density at radius 2 is 1.92 bits per heavy atom. The Bertz CT molecular complexity index is 840. The predicted octanol–water partition coefficient (Wildman–Crippen LogP) is 3.23. The first-order valence-corrected chi connectivity index (χ1v) is 8.24. The molecule has 0 aliphatic carbocycles. The molecule has 0 unspecified atom stereocenters. The zero-order valence-electron chi connectivity index (χ0n) is 13.7. The van der Waals surface area contributed by atoms with Gasteiger partial charge >= 0.3 is 11.7 Å². The van der Waals surface area contributed by atoms with Crippen molar-refractivity contribution in [3.63, 3.8) is 0 Å². The van der Waals surface area contributed by atoms with Crippen molar-refractivity contribution in [2.45, 2.75) is 6.92 Å². The van der Waals surface area contributed by atoms with E-state index < -0.39 is 30.0 Å². The second-order valence-electron chi connectivity index (χ2n) is 5.19. The number of benzene rings is 2. The average Bonchev–Trinajstić information content (AvgIpc) is 2.61. The number of carbonyl (C=O) groups is 2. The lowest BCUT2D eigenvalue weighted by Crippen LogP contribution is -2.23. The van der Waals surface area contributed by atoms with Gasteiger partial charge in [-0.15, -0.1) is 0 Å². The molecule has 0 fully saturated rings. The van der Waals surface area contributed by atoms with E-state index in [2.05, 4.69) is 21.2 Å². The highest BCUT2D eigenvalue weighted by Crippen LogP contribution is 2.25. The molecule has 2 rings (SSSR count). The fraction of sp³-hybridized carbons (Fsp3) is 0.176. The summed E-state index contributed by atoms with van der Waals surface area (Å²) in [6, 6.07) is 10.9. The minimum atomic E-state index is -0.815. The summed E-state index contributed by atoms with van der Waals surface area (Å²) in [6.07, 6.45) is 0. The van der Waals surface area contributed by atoms with E-state index in [1.807, 2.05) is 6.92 Å². The van der Waals surface area contributed by atoms with Gasteiger partial charge in [-0.2, -0.15) is 0 Å². The van der Waals surface area contributed by atoms with Crippen molar-refractivity contribution in [1.82, 2.24) is 0 Å². The van der Waals surface area contributed by atoms with Gasteiger partial charge in [-0.25, -0.2) is 4.79 Å². The minimum absolute atomic E-state index is 0.0516. The van der Waals surface area contributed by atoms with Gasteiger partial charge in [0.1, 0.15) is 0 Å². The van der Waals surface area contributed by atoms with Crippen LogP contribution >= 0.6 is 15.9 Å². The molecule has 0 saturated carbocycles. The molecule has 0 atom stereocenters. The van der Waals surface area contributed by atoms with Crippen LogP contribution in [0.25, 0.3) is 0 Å². The van der Waals surface area contributed by atoms with E-state index in [-0.39, 0.29) is 11.4 Å². The van der Waals surface area contributed by atoms with E-state index in [9.17, 15) is 19.7 Å². The summed E-state index contributed by atoms with van der Waals surface area (Å²) in [7, 11) is 0. The summed E-state index contributed by atoms with van der Waals surface area (Å²) in [4.78, 5) is 33.7. The number of carbonyl (C=O) groups excluding carboxylic acids is 2. The van der Waals surface area contributed by atoms with Crippen molar-refractivity contribution in [2.24, 2.45) is 0 Å². The lowest BCUT2D eigenvalue weighted by atomic mass is 10.2. The zero-order chi connectivity index (χ0) is 19.1. The molecule has 2 aromatic carbocycles. The number of amides is 1. The highest BCUT2D eigenvalue weighted by atomic mass is 79.9. The molecule has 136 valence electrons. The van der Waals surface area contributed by atoms with E-state index in [4.69, 9.17) is 9.47 Å². The van der Waals surface area contributed by atoms with Crippen LogP contribution in [0.5, 0.6) is 5.75 Å². The average molecular weight is 423 g/mol. The number of halogens is 1. The minimum Gasteiger partial charge on any atom is -0.475 e. The van der Waals surface area contributed by atoms with Crippen LogP contribution in [0, 0.1) is 17.0 Å². The van der Waals surface area contributed by atoms with Crippen molar-refractivity contribution < 1.29 is 24.0 Å². The van der Waals surface area contributed by atoms with Crippen LogP contribution in [0.15, 0.2) is 46.9 Å². The monoisotopic (exact) mass is 422 g/mol. The third-order valence-corrected chi connectivity index (χ3v) is 4.10. The molecule has 0 radical (unpaired) electrons. The SMILES string of the molecule is Cc1cc(NC(=O)COC(=O)COc2ccccc2[N+](=O)[O-])ccc1Br. The Morgan fingerprint density at radius 3 is 2.62 bits per heavy atom. The number of esters is 1. The Hall–Kier alpha value is -2.94. The van der Waals surface area contributed by atoms with Gasteiger partial charge in [0.25, 0.3) is 5.91 Å². The maximum Gasteiger partial charge on any atom is 0.344 e. The lowest BCUT2D eigenvalue weighted by molar-refractivity contribution is -0.385. The van der Waals surface area contributed by atoms with Gasteiger partial charge in [0.05, 0.1) is 4.92 Å². The number of rotatable bonds is 7. The standard InChI is InChI=1S/C17H15BrN2O6/c1-11-8-12(6-7-13(11)18)19-16(21)9-26-17(22)10-25-15-5-3-2-4-14(15)20(23)24/h2-8H,9-10H2,1H3,(H,19,21). The predicted molar refractivity (Wildman–Crippen MR) is 97.1 cm³/mol. The molecule has 0 heterocycles. The summed E-state index contributed by atoms with van der Waals surface area (Å²) in [6.45, 7) is 0.837. The van der Waals surface area contributed by atoms with E-state index in [1.54, 1.807) is 24.3 Å². The summed E-state index contributed by atoms with van der Waals surface area (Å²) >= 11 is 3.36. The summed E-state index contributed by atoms with van der Waals surface area (Å²) in [5.74, 6) is -1.37. The number of hydrogen-bond donors (Lipinski definition) is 1. The number of para-hydroxylation sites is 2. The molecule has 0 saturated heterocycles. The number of aryl methyl sites for hydroxylation is 1. The highest BCUT2D eigenvalue weighted by Gasteiger charge is 2.16. The van der Waals surface area contributed by atoms with Crippen molar-refractivity contribution >= 4 is 39.2 Å². The molecule has 1 N–H and O–H groups in total. The maximum absolute atomic E-state index is 11.8. The van der Waals surface area contributed by atoms with Crippen LogP contribution in [-0.4, -0.2) is 30.0 Å². The summed E-state index contributed by atoms with van der Waals surface area (Å²) < 4.78 is 10.8. The lowest BCUT2D eigenvalue weighted by Gasteiger charge is -2.09. The molecule has 1 amide bonds. The smallest absolute Gasteiger partial charge is 0.344 e. The van der Waals surface area contributed by atoms with Crippen LogP contribution in [-0.2, 0) is 14.3 Å². The molecule has 2 aromatic rings. The third kappa shape index (κ3) is 5.55.